The lowest BCUT2D eigenvalue weighted by molar-refractivity contribution is -0.134. The molecule has 1 aliphatic heterocycles. The van der Waals surface area contributed by atoms with E-state index in [1.807, 2.05) is 36.3 Å². The van der Waals surface area contributed by atoms with E-state index in [0.717, 1.165) is 37.2 Å². The molecule has 8 nitrogen and oxygen atoms in total. The van der Waals surface area contributed by atoms with Crippen molar-refractivity contribution in [1.82, 2.24) is 15.1 Å². The predicted octanol–water partition coefficient (Wildman–Crippen LogP) is 3.32. The maximum absolute atomic E-state index is 13.1. The Hall–Kier alpha value is -3.07. The summed E-state index contributed by atoms with van der Waals surface area (Å²) in [4.78, 5) is 42.2. The highest BCUT2D eigenvalue weighted by atomic mass is 32.1. The average molecular weight is 488 g/mol. The van der Waals surface area contributed by atoms with E-state index in [1.54, 1.807) is 29.5 Å². The summed E-state index contributed by atoms with van der Waals surface area (Å²) in [5.74, 6) is 0.280. The molecule has 2 heterocycles. The van der Waals surface area contributed by atoms with Crippen molar-refractivity contribution in [2.45, 2.75) is 39.7 Å². The molecule has 0 saturated carbocycles. The number of hydrogen-bond acceptors (Lipinski definition) is 6. The minimum Gasteiger partial charge on any atom is -0.490 e. The maximum Gasteiger partial charge on any atom is 0.260 e. The summed E-state index contributed by atoms with van der Waals surface area (Å²) in [6.45, 7) is 6.31. The van der Waals surface area contributed by atoms with Gasteiger partial charge in [-0.2, -0.15) is 0 Å². The van der Waals surface area contributed by atoms with Gasteiger partial charge in [0.15, 0.2) is 18.1 Å². The highest BCUT2D eigenvalue weighted by molar-refractivity contribution is 7.09. The van der Waals surface area contributed by atoms with Gasteiger partial charge in [0.1, 0.15) is 0 Å². The quantitative estimate of drug-likeness (QED) is 0.525. The molecule has 1 aliphatic rings. The molecule has 0 bridgehead atoms. The molecule has 1 aromatic carbocycles. The van der Waals surface area contributed by atoms with Crippen LogP contribution in [-0.4, -0.2) is 66.9 Å². The van der Waals surface area contributed by atoms with E-state index in [0.29, 0.717) is 36.8 Å². The third kappa shape index (κ3) is 7.21. The van der Waals surface area contributed by atoms with Crippen molar-refractivity contribution in [2.24, 2.45) is 0 Å². The second kappa shape index (κ2) is 13.0. The van der Waals surface area contributed by atoms with Gasteiger partial charge < -0.3 is 24.6 Å². The first-order valence-electron chi connectivity index (χ1n) is 11.8. The van der Waals surface area contributed by atoms with E-state index in [4.69, 9.17) is 9.47 Å². The van der Waals surface area contributed by atoms with E-state index < -0.39 is 0 Å². The van der Waals surface area contributed by atoms with Gasteiger partial charge in [-0.15, -0.1) is 11.3 Å². The number of thiophene rings is 1. The van der Waals surface area contributed by atoms with Crippen LogP contribution in [0.3, 0.4) is 0 Å². The van der Waals surface area contributed by atoms with E-state index in [9.17, 15) is 14.4 Å². The Labute approximate surface area is 204 Å². The van der Waals surface area contributed by atoms with Crippen LogP contribution in [0.25, 0.3) is 0 Å². The lowest BCUT2D eigenvalue weighted by atomic mass is 10.1. The van der Waals surface area contributed by atoms with Crippen LogP contribution in [0.15, 0.2) is 35.7 Å². The van der Waals surface area contributed by atoms with Gasteiger partial charge in [-0.3, -0.25) is 14.4 Å². The van der Waals surface area contributed by atoms with Gasteiger partial charge in [0, 0.05) is 30.1 Å². The van der Waals surface area contributed by atoms with Crippen LogP contribution >= 0.6 is 11.3 Å². The molecule has 3 amide bonds. The van der Waals surface area contributed by atoms with Gasteiger partial charge in [-0.05, 0) is 62.8 Å². The van der Waals surface area contributed by atoms with Gasteiger partial charge >= 0.3 is 0 Å². The van der Waals surface area contributed by atoms with Crippen molar-refractivity contribution in [2.75, 3.05) is 39.4 Å². The molecule has 9 heteroatoms. The van der Waals surface area contributed by atoms with Crippen molar-refractivity contribution in [3.63, 3.8) is 0 Å². The summed E-state index contributed by atoms with van der Waals surface area (Å²) in [6.07, 6.45) is 3.19. The molecule has 184 valence electrons. The minimum atomic E-state index is -0.273. The zero-order valence-electron chi connectivity index (χ0n) is 19.9. The molecule has 34 heavy (non-hydrogen) atoms. The number of carbonyl (C=O) groups excluding carboxylic acids is 3. The summed E-state index contributed by atoms with van der Waals surface area (Å²) in [5, 5.41) is 4.80. The van der Waals surface area contributed by atoms with Gasteiger partial charge in [0.2, 0.25) is 5.91 Å². The average Bonchev–Trinajstić information content (AvgIpc) is 3.39. The number of rotatable bonds is 11. The molecule has 1 N–H and O–H groups in total. The molecule has 0 spiro atoms. The van der Waals surface area contributed by atoms with E-state index in [2.05, 4.69) is 5.32 Å². The molecule has 2 aromatic rings. The summed E-state index contributed by atoms with van der Waals surface area (Å²) < 4.78 is 11.4. The number of amides is 3. The van der Waals surface area contributed by atoms with E-state index in [1.165, 1.54) is 4.90 Å². The van der Waals surface area contributed by atoms with Crippen molar-refractivity contribution in [3.05, 3.63) is 46.2 Å². The largest absolute Gasteiger partial charge is 0.490 e. The number of likely N-dealkylation sites (N-methyl/N-ethyl adjacent to an activating group) is 1. The lowest BCUT2D eigenvalue weighted by Crippen LogP contribution is -2.40. The van der Waals surface area contributed by atoms with E-state index in [-0.39, 0.29) is 30.9 Å². The Balaban J connectivity index is 1.61. The van der Waals surface area contributed by atoms with Crippen LogP contribution in [0.4, 0.5) is 0 Å². The van der Waals surface area contributed by atoms with Gasteiger partial charge in [-0.25, -0.2) is 0 Å². The van der Waals surface area contributed by atoms with E-state index >= 15 is 0 Å². The number of carbonyl (C=O) groups is 3. The molecule has 0 atom stereocenters. The number of hydrogen-bond donors (Lipinski definition) is 1. The Morgan fingerprint density at radius 2 is 1.85 bits per heavy atom. The van der Waals surface area contributed by atoms with Gasteiger partial charge in [0.25, 0.3) is 11.8 Å². The molecule has 3 rings (SSSR count). The number of nitrogens with one attached hydrogen (secondary N) is 1. The normalized spacial score (nSPS) is 13.3. The summed E-state index contributed by atoms with van der Waals surface area (Å²) in [6, 6.07) is 8.77. The van der Waals surface area contributed by atoms with Crippen molar-refractivity contribution in [3.8, 4) is 11.5 Å². The van der Waals surface area contributed by atoms with Gasteiger partial charge in [-0.1, -0.05) is 6.07 Å². The van der Waals surface area contributed by atoms with Gasteiger partial charge in [0.05, 0.1) is 19.7 Å². The first-order chi connectivity index (χ1) is 16.5. The Kier molecular flexibility index (Phi) is 9.75. The maximum atomic E-state index is 13.1. The number of benzene rings is 1. The highest BCUT2D eigenvalue weighted by Gasteiger charge is 2.21. The third-order valence-corrected chi connectivity index (χ3v) is 6.47. The predicted molar refractivity (Wildman–Crippen MR) is 131 cm³/mol. The van der Waals surface area contributed by atoms with Crippen molar-refractivity contribution >= 4 is 29.1 Å². The molecular weight excluding hydrogens is 454 g/mol. The summed E-state index contributed by atoms with van der Waals surface area (Å²) in [5.41, 5.74) is 0.395. The minimum absolute atomic E-state index is 0.0345. The van der Waals surface area contributed by atoms with Crippen LogP contribution in [0, 0.1) is 0 Å². The summed E-state index contributed by atoms with van der Waals surface area (Å²) in [7, 11) is 0. The van der Waals surface area contributed by atoms with Crippen LogP contribution in [0.2, 0.25) is 0 Å². The van der Waals surface area contributed by atoms with Crippen LogP contribution in [0.1, 0.15) is 48.3 Å². The topological polar surface area (TPSA) is 88.2 Å². The number of piperidine rings is 1. The fraction of sp³-hybridized carbons (Fsp3) is 0.480. The first kappa shape index (κ1) is 25.6. The SMILES string of the molecule is CCOc1cc(C(=O)N(CC)CC(=O)NCc2cccs2)ccc1OCC(=O)N1CCCCC1. The highest BCUT2D eigenvalue weighted by Crippen LogP contribution is 2.29. The van der Waals surface area contributed by atoms with Crippen LogP contribution in [-0.2, 0) is 16.1 Å². The van der Waals surface area contributed by atoms with Crippen LogP contribution in [0.5, 0.6) is 11.5 Å². The second-order valence-corrected chi connectivity index (χ2v) is 9.03. The summed E-state index contributed by atoms with van der Waals surface area (Å²) >= 11 is 1.57. The number of nitrogens with zero attached hydrogens (tertiary/aromatic N) is 2. The smallest absolute Gasteiger partial charge is 0.260 e. The fourth-order valence-corrected chi connectivity index (χ4v) is 4.39. The van der Waals surface area contributed by atoms with Crippen LogP contribution < -0.4 is 14.8 Å². The molecule has 1 fully saturated rings. The Morgan fingerprint density at radius 1 is 1.06 bits per heavy atom. The Bertz CT molecular complexity index is 957. The zero-order valence-corrected chi connectivity index (χ0v) is 20.7. The number of ether oxygens (including phenoxy) is 2. The fourth-order valence-electron chi connectivity index (χ4n) is 3.74. The van der Waals surface area contributed by atoms with Crippen molar-refractivity contribution < 1.29 is 23.9 Å². The van der Waals surface area contributed by atoms with Crippen molar-refractivity contribution in [1.29, 1.82) is 0 Å². The third-order valence-electron chi connectivity index (χ3n) is 5.59. The molecule has 1 aromatic heterocycles. The molecule has 0 aliphatic carbocycles. The first-order valence-corrected chi connectivity index (χ1v) is 12.7. The lowest BCUT2D eigenvalue weighted by Gasteiger charge is -2.26. The second-order valence-electron chi connectivity index (χ2n) is 8.00. The Morgan fingerprint density at radius 3 is 2.53 bits per heavy atom. The standard InChI is InChI=1S/C25H33N3O5S/c1-3-27(17-23(29)26-16-20-9-8-14-34-20)25(31)19-10-11-21(22(15-19)32-4-2)33-18-24(30)28-12-6-5-7-13-28/h8-11,14-15H,3-7,12-13,16-18H2,1-2H3,(H,26,29). The molecule has 0 radical (unpaired) electrons. The molecule has 1 saturated heterocycles. The molecular formula is C25H33N3O5S. The zero-order chi connectivity index (χ0) is 24.3. The molecule has 0 unspecified atom stereocenters. The number of likely N-dealkylation sites (tertiary alicyclic amines) is 1. The monoisotopic (exact) mass is 487 g/mol.